The lowest BCUT2D eigenvalue weighted by atomic mass is 10.1. The molecule has 1 aromatic carbocycles. The SMILES string of the molecule is CN1CCN(c2cccc(CCC(=O)O)c2)C(=O)C1. The fourth-order valence-corrected chi connectivity index (χ4v) is 2.19. The average molecular weight is 262 g/mol. The molecule has 1 heterocycles. The number of aryl methyl sites for hydroxylation is 1. The fraction of sp³-hybridized carbons (Fsp3) is 0.429. The van der Waals surface area contributed by atoms with Crippen LogP contribution in [0.1, 0.15) is 12.0 Å². The van der Waals surface area contributed by atoms with E-state index in [1.807, 2.05) is 36.2 Å². The van der Waals surface area contributed by atoms with E-state index < -0.39 is 5.97 Å². The van der Waals surface area contributed by atoms with E-state index in [-0.39, 0.29) is 12.3 Å². The first-order valence-corrected chi connectivity index (χ1v) is 6.36. The van der Waals surface area contributed by atoms with Crippen LogP contribution in [-0.4, -0.2) is 48.6 Å². The molecule has 5 nitrogen and oxygen atoms in total. The molecule has 1 aliphatic heterocycles. The number of carboxylic acid groups (broad SMARTS) is 1. The summed E-state index contributed by atoms with van der Waals surface area (Å²) < 4.78 is 0. The smallest absolute Gasteiger partial charge is 0.303 e. The molecule has 0 unspecified atom stereocenters. The number of hydrogen-bond acceptors (Lipinski definition) is 3. The quantitative estimate of drug-likeness (QED) is 0.878. The molecule has 1 fully saturated rings. The van der Waals surface area contributed by atoms with E-state index in [9.17, 15) is 9.59 Å². The molecule has 0 aliphatic carbocycles. The molecule has 5 heteroatoms. The van der Waals surface area contributed by atoms with Gasteiger partial charge in [-0.15, -0.1) is 0 Å². The number of carboxylic acids is 1. The second-order valence-electron chi connectivity index (χ2n) is 4.85. The summed E-state index contributed by atoms with van der Waals surface area (Å²) in [5, 5.41) is 8.69. The molecular formula is C14H18N2O3. The van der Waals surface area contributed by atoms with Crippen LogP contribution in [0.5, 0.6) is 0 Å². The van der Waals surface area contributed by atoms with Gasteiger partial charge in [0.1, 0.15) is 0 Å². The van der Waals surface area contributed by atoms with Crippen molar-refractivity contribution in [3.8, 4) is 0 Å². The Morgan fingerprint density at radius 3 is 2.84 bits per heavy atom. The third-order valence-corrected chi connectivity index (χ3v) is 3.26. The number of hydrogen-bond donors (Lipinski definition) is 1. The number of nitrogens with zero attached hydrogens (tertiary/aromatic N) is 2. The zero-order valence-electron chi connectivity index (χ0n) is 11.0. The summed E-state index contributed by atoms with van der Waals surface area (Å²) in [5.41, 5.74) is 1.81. The molecule has 1 aliphatic rings. The van der Waals surface area contributed by atoms with Crippen molar-refractivity contribution in [2.45, 2.75) is 12.8 Å². The zero-order chi connectivity index (χ0) is 13.8. The largest absolute Gasteiger partial charge is 0.481 e. The standard InChI is InChI=1S/C14H18N2O3/c1-15-7-8-16(13(17)10-15)12-4-2-3-11(9-12)5-6-14(18)19/h2-4,9H,5-8,10H2,1H3,(H,18,19). The Hall–Kier alpha value is -1.88. The van der Waals surface area contributed by atoms with Gasteiger partial charge in [-0.25, -0.2) is 0 Å². The molecule has 1 saturated heterocycles. The van der Waals surface area contributed by atoms with Gasteiger partial charge in [0.05, 0.1) is 6.54 Å². The van der Waals surface area contributed by atoms with Gasteiger partial charge in [-0.3, -0.25) is 14.5 Å². The van der Waals surface area contributed by atoms with Gasteiger partial charge in [0, 0.05) is 25.2 Å². The first-order chi connectivity index (χ1) is 9.06. The Balaban J connectivity index is 2.09. The summed E-state index contributed by atoms with van der Waals surface area (Å²) in [6.07, 6.45) is 0.602. The van der Waals surface area contributed by atoms with Crippen molar-refractivity contribution in [3.05, 3.63) is 29.8 Å². The topological polar surface area (TPSA) is 60.9 Å². The summed E-state index contributed by atoms with van der Waals surface area (Å²) >= 11 is 0. The van der Waals surface area contributed by atoms with Gasteiger partial charge in [0.25, 0.3) is 0 Å². The van der Waals surface area contributed by atoms with E-state index in [2.05, 4.69) is 0 Å². The van der Waals surface area contributed by atoms with Crippen molar-refractivity contribution in [2.75, 3.05) is 31.6 Å². The second-order valence-corrected chi connectivity index (χ2v) is 4.85. The first-order valence-electron chi connectivity index (χ1n) is 6.36. The van der Waals surface area contributed by atoms with Crippen LogP contribution in [0.2, 0.25) is 0 Å². The maximum atomic E-state index is 12.0. The Kier molecular flexibility index (Phi) is 4.16. The highest BCUT2D eigenvalue weighted by Crippen LogP contribution is 2.19. The number of aliphatic carboxylic acids is 1. The van der Waals surface area contributed by atoms with Crippen molar-refractivity contribution in [1.82, 2.24) is 4.90 Å². The van der Waals surface area contributed by atoms with Crippen molar-refractivity contribution in [2.24, 2.45) is 0 Å². The molecule has 2 rings (SSSR count). The van der Waals surface area contributed by atoms with E-state index in [1.54, 1.807) is 4.90 Å². The average Bonchev–Trinajstić information content (AvgIpc) is 2.36. The summed E-state index contributed by atoms with van der Waals surface area (Å²) in [6.45, 7) is 1.96. The predicted molar refractivity (Wildman–Crippen MR) is 72.2 cm³/mol. The number of rotatable bonds is 4. The number of amides is 1. The summed E-state index contributed by atoms with van der Waals surface area (Å²) in [4.78, 5) is 26.3. The molecule has 102 valence electrons. The highest BCUT2D eigenvalue weighted by molar-refractivity contribution is 5.95. The Morgan fingerprint density at radius 2 is 2.16 bits per heavy atom. The van der Waals surface area contributed by atoms with Gasteiger partial charge in [-0.05, 0) is 31.2 Å². The van der Waals surface area contributed by atoms with Crippen LogP contribution in [0.4, 0.5) is 5.69 Å². The van der Waals surface area contributed by atoms with Gasteiger partial charge in [-0.2, -0.15) is 0 Å². The van der Waals surface area contributed by atoms with Gasteiger partial charge in [0.15, 0.2) is 0 Å². The molecule has 0 spiro atoms. The highest BCUT2D eigenvalue weighted by Gasteiger charge is 2.22. The monoisotopic (exact) mass is 262 g/mol. The molecule has 19 heavy (non-hydrogen) atoms. The van der Waals surface area contributed by atoms with Crippen LogP contribution < -0.4 is 4.90 Å². The summed E-state index contributed by atoms with van der Waals surface area (Å²) in [6, 6.07) is 7.57. The maximum Gasteiger partial charge on any atom is 0.303 e. The summed E-state index contributed by atoms with van der Waals surface area (Å²) in [5.74, 6) is -0.717. The van der Waals surface area contributed by atoms with E-state index >= 15 is 0 Å². The second kappa shape index (κ2) is 5.84. The number of likely N-dealkylation sites (N-methyl/N-ethyl adjacent to an activating group) is 1. The number of anilines is 1. The lowest BCUT2D eigenvalue weighted by Gasteiger charge is -2.32. The number of carbonyl (C=O) groups excluding carboxylic acids is 1. The van der Waals surface area contributed by atoms with Crippen LogP contribution in [0.3, 0.4) is 0 Å². The molecule has 1 N–H and O–H groups in total. The van der Waals surface area contributed by atoms with E-state index in [0.29, 0.717) is 19.5 Å². The van der Waals surface area contributed by atoms with Crippen LogP contribution in [0, 0.1) is 0 Å². The van der Waals surface area contributed by atoms with Crippen molar-refractivity contribution >= 4 is 17.6 Å². The molecule has 0 bridgehead atoms. The number of piperazine rings is 1. The fourth-order valence-electron chi connectivity index (χ4n) is 2.19. The minimum atomic E-state index is -0.805. The van der Waals surface area contributed by atoms with Crippen LogP contribution in [0.25, 0.3) is 0 Å². The number of benzene rings is 1. The maximum absolute atomic E-state index is 12.0. The molecule has 1 aromatic rings. The molecule has 1 amide bonds. The minimum absolute atomic E-state index is 0.0872. The van der Waals surface area contributed by atoms with Gasteiger partial charge in [-0.1, -0.05) is 12.1 Å². The van der Waals surface area contributed by atoms with Crippen molar-refractivity contribution in [1.29, 1.82) is 0 Å². The number of carbonyl (C=O) groups is 2. The Labute approximate surface area is 112 Å². The zero-order valence-corrected chi connectivity index (χ0v) is 11.0. The minimum Gasteiger partial charge on any atom is -0.481 e. The van der Waals surface area contributed by atoms with Crippen LogP contribution in [-0.2, 0) is 16.0 Å². The Bertz CT molecular complexity index is 487. The third kappa shape index (κ3) is 3.54. The molecule has 0 saturated carbocycles. The van der Waals surface area contributed by atoms with Gasteiger partial charge in [0.2, 0.25) is 5.91 Å². The Morgan fingerprint density at radius 1 is 1.37 bits per heavy atom. The van der Waals surface area contributed by atoms with Crippen LogP contribution >= 0.6 is 0 Å². The van der Waals surface area contributed by atoms with Crippen molar-refractivity contribution < 1.29 is 14.7 Å². The molecule has 0 radical (unpaired) electrons. The first kappa shape index (κ1) is 13.5. The van der Waals surface area contributed by atoms with Crippen LogP contribution in [0.15, 0.2) is 24.3 Å². The van der Waals surface area contributed by atoms with Crippen molar-refractivity contribution in [3.63, 3.8) is 0 Å². The van der Waals surface area contributed by atoms with E-state index in [4.69, 9.17) is 5.11 Å². The van der Waals surface area contributed by atoms with E-state index in [0.717, 1.165) is 17.8 Å². The normalized spacial score (nSPS) is 16.7. The lowest BCUT2D eigenvalue weighted by molar-refractivity contribution is -0.137. The predicted octanol–water partition coefficient (Wildman–Crippen LogP) is 0.982. The molecule has 0 atom stereocenters. The third-order valence-electron chi connectivity index (χ3n) is 3.26. The molecular weight excluding hydrogens is 244 g/mol. The highest BCUT2D eigenvalue weighted by atomic mass is 16.4. The van der Waals surface area contributed by atoms with Gasteiger partial charge < -0.3 is 10.0 Å². The molecule has 0 aromatic heterocycles. The van der Waals surface area contributed by atoms with E-state index in [1.165, 1.54) is 0 Å². The summed E-state index contributed by atoms with van der Waals surface area (Å²) in [7, 11) is 1.93. The lowest BCUT2D eigenvalue weighted by Crippen LogP contribution is -2.48. The van der Waals surface area contributed by atoms with Gasteiger partial charge >= 0.3 is 5.97 Å².